The van der Waals surface area contributed by atoms with Crippen LogP contribution in [0.15, 0.2) is 36.5 Å². The lowest BCUT2D eigenvalue weighted by molar-refractivity contribution is 0.102. The van der Waals surface area contributed by atoms with Gasteiger partial charge >= 0.3 is 0 Å². The van der Waals surface area contributed by atoms with Gasteiger partial charge in [-0.3, -0.25) is 4.79 Å². The van der Waals surface area contributed by atoms with Gasteiger partial charge in [-0.05, 0) is 24.3 Å². The maximum Gasteiger partial charge on any atom is 0.259 e. The predicted octanol–water partition coefficient (Wildman–Crippen LogP) is 2.65. The van der Waals surface area contributed by atoms with E-state index >= 15 is 0 Å². The fraction of sp³-hybridized carbons (Fsp3) is 0.0769. The molecule has 19 heavy (non-hydrogen) atoms. The van der Waals surface area contributed by atoms with Gasteiger partial charge in [0.05, 0.1) is 11.3 Å². The second-order valence-corrected chi connectivity index (χ2v) is 3.73. The van der Waals surface area contributed by atoms with Crippen LogP contribution in [0.2, 0.25) is 0 Å². The van der Waals surface area contributed by atoms with Crippen LogP contribution in [0, 0.1) is 11.6 Å². The lowest BCUT2D eigenvalue weighted by Crippen LogP contribution is -2.15. The Morgan fingerprint density at radius 3 is 2.74 bits per heavy atom. The minimum Gasteiger partial charge on any atom is -0.372 e. The molecule has 0 spiro atoms. The zero-order valence-electron chi connectivity index (χ0n) is 10.1. The molecule has 0 unspecified atom stereocenters. The monoisotopic (exact) mass is 263 g/mol. The summed E-state index contributed by atoms with van der Waals surface area (Å²) in [6, 6.07) is 6.09. The molecule has 6 heteroatoms. The molecule has 0 radical (unpaired) electrons. The van der Waals surface area contributed by atoms with Gasteiger partial charge in [0.25, 0.3) is 5.91 Å². The molecule has 0 saturated carbocycles. The number of rotatable bonds is 3. The highest BCUT2D eigenvalue weighted by molar-refractivity contribution is 6.07. The van der Waals surface area contributed by atoms with Crippen LogP contribution >= 0.6 is 0 Å². The number of carbonyl (C=O) groups excluding carboxylic acids is 1. The largest absolute Gasteiger partial charge is 0.372 e. The van der Waals surface area contributed by atoms with E-state index < -0.39 is 17.5 Å². The second-order valence-electron chi connectivity index (χ2n) is 3.73. The molecule has 0 fully saturated rings. The molecular weight excluding hydrogens is 252 g/mol. The van der Waals surface area contributed by atoms with Crippen molar-refractivity contribution in [1.29, 1.82) is 0 Å². The van der Waals surface area contributed by atoms with Crippen molar-refractivity contribution < 1.29 is 13.6 Å². The van der Waals surface area contributed by atoms with E-state index in [0.717, 1.165) is 12.1 Å². The van der Waals surface area contributed by atoms with Gasteiger partial charge in [-0.15, -0.1) is 0 Å². The van der Waals surface area contributed by atoms with Crippen LogP contribution in [0.4, 0.5) is 20.3 Å². The van der Waals surface area contributed by atoms with Crippen LogP contribution in [-0.4, -0.2) is 17.9 Å². The normalized spacial score (nSPS) is 10.1. The zero-order valence-corrected chi connectivity index (χ0v) is 10.1. The quantitative estimate of drug-likeness (QED) is 0.895. The molecule has 98 valence electrons. The van der Waals surface area contributed by atoms with Crippen molar-refractivity contribution >= 4 is 17.4 Å². The molecule has 2 N–H and O–H groups in total. The van der Waals surface area contributed by atoms with Gasteiger partial charge in [0.2, 0.25) is 0 Å². The summed E-state index contributed by atoms with van der Waals surface area (Å²) in [5.74, 6) is -1.68. The molecule has 0 atom stereocenters. The van der Waals surface area contributed by atoms with Crippen molar-refractivity contribution in [2.45, 2.75) is 0 Å². The summed E-state index contributed by atoms with van der Waals surface area (Å²) >= 11 is 0. The third kappa shape index (κ3) is 2.85. The van der Waals surface area contributed by atoms with Gasteiger partial charge in [0.1, 0.15) is 17.5 Å². The minimum absolute atomic E-state index is 0.0858. The van der Waals surface area contributed by atoms with Crippen LogP contribution in [0.25, 0.3) is 0 Å². The molecule has 1 aromatic heterocycles. The SMILES string of the molecule is CNc1ncccc1C(=O)Nc1ccc(F)cc1F. The Bertz CT molecular complexity index is 617. The van der Waals surface area contributed by atoms with Crippen molar-refractivity contribution in [3.8, 4) is 0 Å². The molecule has 0 bridgehead atoms. The molecule has 1 aromatic carbocycles. The summed E-state index contributed by atoms with van der Waals surface area (Å²) in [5, 5.41) is 5.13. The molecule has 1 heterocycles. The predicted molar refractivity (Wildman–Crippen MR) is 68.1 cm³/mol. The highest BCUT2D eigenvalue weighted by Gasteiger charge is 2.13. The van der Waals surface area contributed by atoms with E-state index in [1.807, 2.05) is 0 Å². The number of anilines is 2. The Labute approximate surface area is 108 Å². The van der Waals surface area contributed by atoms with Crippen molar-refractivity contribution in [3.05, 3.63) is 53.7 Å². The fourth-order valence-corrected chi connectivity index (χ4v) is 1.57. The lowest BCUT2D eigenvalue weighted by Gasteiger charge is -2.09. The maximum absolute atomic E-state index is 13.4. The topological polar surface area (TPSA) is 54.0 Å². The summed E-state index contributed by atoms with van der Waals surface area (Å²) in [4.78, 5) is 16.0. The van der Waals surface area contributed by atoms with Crippen LogP contribution in [0.3, 0.4) is 0 Å². The molecule has 0 saturated heterocycles. The highest BCUT2D eigenvalue weighted by Crippen LogP contribution is 2.18. The number of hydrogen-bond donors (Lipinski definition) is 2. The Hall–Kier alpha value is -2.50. The van der Waals surface area contributed by atoms with Gasteiger partial charge in [-0.1, -0.05) is 0 Å². The number of benzene rings is 1. The van der Waals surface area contributed by atoms with Crippen LogP contribution < -0.4 is 10.6 Å². The van der Waals surface area contributed by atoms with Crippen LogP contribution in [0.1, 0.15) is 10.4 Å². The summed E-state index contributed by atoms with van der Waals surface area (Å²) in [6.45, 7) is 0. The van der Waals surface area contributed by atoms with Crippen molar-refractivity contribution in [3.63, 3.8) is 0 Å². The summed E-state index contributed by atoms with van der Waals surface area (Å²) in [5.41, 5.74) is 0.186. The molecule has 2 aromatic rings. The number of halogens is 2. The molecule has 0 aliphatic rings. The van der Waals surface area contributed by atoms with Crippen molar-refractivity contribution in [1.82, 2.24) is 4.98 Å². The van der Waals surface area contributed by atoms with Crippen molar-refractivity contribution in [2.75, 3.05) is 17.7 Å². The number of amides is 1. The van der Waals surface area contributed by atoms with E-state index in [2.05, 4.69) is 15.6 Å². The fourth-order valence-electron chi connectivity index (χ4n) is 1.57. The summed E-state index contributed by atoms with van der Waals surface area (Å²) < 4.78 is 26.2. The third-order valence-electron chi connectivity index (χ3n) is 2.47. The average molecular weight is 263 g/mol. The molecule has 4 nitrogen and oxygen atoms in total. The molecular formula is C13H11F2N3O. The first-order valence-corrected chi connectivity index (χ1v) is 5.51. The number of hydrogen-bond acceptors (Lipinski definition) is 3. The molecule has 1 amide bonds. The minimum atomic E-state index is -0.830. The van der Waals surface area contributed by atoms with Gasteiger partial charge in [-0.2, -0.15) is 0 Å². The Balaban J connectivity index is 2.26. The van der Waals surface area contributed by atoms with E-state index in [1.165, 1.54) is 6.20 Å². The second kappa shape index (κ2) is 5.43. The van der Waals surface area contributed by atoms with Crippen LogP contribution in [-0.2, 0) is 0 Å². The molecule has 2 rings (SSSR count). The highest BCUT2D eigenvalue weighted by atomic mass is 19.1. The third-order valence-corrected chi connectivity index (χ3v) is 2.47. The summed E-state index contributed by atoms with van der Waals surface area (Å²) in [7, 11) is 1.62. The van der Waals surface area contributed by atoms with Gasteiger partial charge < -0.3 is 10.6 Å². The number of pyridine rings is 1. The number of carbonyl (C=O) groups is 1. The number of nitrogens with zero attached hydrogens (tertiary/aromatic N) is 1. The van der Waals surface area contributed by atoms with Gasteiger partial charge in [0.15, 0.2) is 0 Å². The van der Waals surface area contributed by atoms with Crippen LogP contribution in [0.5, 0.6) is 0 Å². The number of aromatic nitrogens is 1. The smallest absolute Gasteiger partial charge is 0.259 e. The van der Waals surface area contributed by atoms with E-state index in [1.54, 1.807) is 19.2 Å². The van der Waals surface area contributed by atoms with E-state index in [-0.39, 0.29) is 11.3 Å². The standard InChI is InChI=1S/C13H11F2N3O/c1-16-12-9(3-2-6-17-12)13(19)18-11-5-4-8(14)7-10(11)15/h2-7H,1H3,(H,16,17)(H,18,19). The van der Waals surface area contributed by atoms with E-state index in [4.69, 9.17) is 0 Å². The maximum atomic E-state index is 13.4. The Kier molecular flexibility index (Phi) is 3.70. The first-order chi connectivity index (χ1) is 9.11. The summed E-state index contributed by atoms with van der Waals surface area (Å²) in [6.07, 6.45) is 1.53. The van der Waals surface area contributed by atoms with E-state index in [0.29, 0.717) is 11.9 Å². The molecule has 0 aliphatic heterocycles. The Morgan fingerprint density at radius 1 is 1.26 bits per heavy atom. The number of nitrogens with one attached hydrogen (secondary N) is 2. The van der Waals surface area contributed by atoms with Crippen molar-refractivity contribution in [2.24, 2.45) is 0 Å². The average Bonchev–Trinajstić information content (AvgIpc) is 2.41. The zero-order chi connectivity index (χ0) is 13.8. The Morgan fingerprint density at radius 2 is 2.05 bits per heavy atom. The molecule has 0 aliphatic carbocycles. The lowest BCUT2D eigenvalue weighted by atomic mass is 10.2. The first-order valence-electron chi connectivity index (χ1n) is 5.51. The van der Waals surface area contributed by atoms with Gasteiger partial charge in [0, 0.05) is 19.3 Å². The first kappa shape index (κ1) is 12.9. The van der Waals surface area contributed by atoms with E-state index in [9.17, 15) is 13.6 Å². The van der Waals surface area contributed by atoms with Gasteiger partial charge in [-0.25, -0.2) is 13.8 Å².